The standard InChI is InChI=1S/C33H45N5O3S/c1-3-42(39,40)36-28-13-9-26(10-14-28)21-37-18-16-33(17-19-37)22-38(23-33)32-29-20-25(11-15-30(29)34-24-35-32)8-12-27-6-4-5-7-31(27)41-2/h4-7,11,15,20,24,26,28,36H,3,8-10,12-14,16-19,21-23H2,1-2H3. The second kappa shape index (κ2) is 12.5. The molecule has 2 aliphatic heterocycles. The highest BCUT2D eigenvalue weighted by atomic mass is 32.2. The van der Waals surface area contributed by atoms with E-state index in [-0.39, 0.29) is 11.8 Å². The van der Waals surface area contributed by atoms with Crippen LogP contribution in [0.25, 0.3) is 10.9 Å². The zero-order valence-corrected chi connectivity index (χ0v) is 25.9. The summed E-state index contributed by atoms with van der Waals surface area (Å²) >= 11 is 0. The van der Waals surface area contributed by atoms with E-state index in [1.165, 1.54) is 24.0 Å². The van der Waals surface area contributed by atoms with Crippen molar-refractivity contribution in [1.29, 1.82) is 0 Å². The predicted molar refractivity (Wildman–Crippen MR) is 169 cm³/mol. The van der Waals surface area contributed by atoms with Crippen LogP contribution in [0, 0.1) is 11.3 Å². The number of likely N-dealkylation sites (tertiary alicyclic amines) is 1. The Balaban J connectivity index is 1.01. The van der Waals surface area contributed by atoms with Gasteiger partial charge in [0.15, 0.2) is 0 Å². The van der Waals surface area contributed by atoms with Crippen LogP contribution in [0.3, 0.4) is 0 Å². The molecule has 226 valence electrons. The third-order valence-corrected chi connectivity index (χ3v) is 11.4. The summed E-state index contributed by atoms with van der Waals surface area (Å²) < 4.78 is 32.3. The summed E-state index contributed by atoms with van der Waals surface area (Å²) in [6.07, 6.45) is 10.2. The Morgan fingerprint density at radius 2 is 1.76 bits per heavy atom. The molecule has 1 spiro atoms. The van der Waals surface area contributed by atoms with E-state index in [1.54, 1.807) is 20.4 Å². The lowest BCUT2D eigenvalue weighted by Crippen LogP contribution is -2.61. The van der Waals surface area contributed by atoms with Gasteiger partial charge in [-0.05, 0) is 107 Å². The third kappa shape index (κ3) is 6.58. The Hall–Kier alpha value is -2.75. The van der Waals surface area contributed by atoms with E-state index in [1.807, 2.05) is 12.1 Å². The highest BCUT2D eigenvalue weighted by Gasteiger charge is 2.46. The minimum Gasteiger partial charge on any atom is -0.496 e. The highest BCUT2D eigenvalue weighted by Crippen LogP contribution is 2.44. The fourth-order valence-corrected chi connectivity index (χ4v) is 8.20. The number of para-hydroxylation sites is 1. The van der Waals surface area contributed by atoms with Crippen LogP contribution in [0.5, 0.6) is 5.75 Å². The first kappa shape index (κ1) is 29.3. The van der Waals surface area contributed by atoms with Crippen LogP contribution in [-0.2, 0) is 22.9 Å². The number of anilines is 1. The van der Waals surface area contributed by atoms with E-state index in [4.69, 9.17) is 9.72 Å². The lowest BCUT2D eigenvalue weighted by Gasteiger charge is -2.55. The first-order chi connectivity index (χ1) is 20.4. The number of piperidine rings is 1. The molecule has 1 aromatic heterocycles. The summed E-state index contributed by atoms with van der Waals surface area (Å²) in [5.74, 6) is 2.87. The van der Waals surface area contributed by atoms with Crippen LogP contribution < -0.4 is 14.4 Å². The van der Waals surface area contributed by atoms with E-state index in [2.05, 4.69) is 49.8 Å². The van der Waals surface area contributed by atoms with Crippen molar-refractivity contribution in [3.63, 3.8) is 0 Å². The smallest absolute Gasteiger partial charge is 0.211 e. The Morgan fingerprint density at radius 3 is 2.50 bits per heavy atom. The molecule has 0 unspecified atom stereocenters. The molecule has 3 aliphatic rings. The number of benzene rings is 2. The van der Waals surface area contributed by atoms with Gasteiger partial charge in [0.1, 0.15) is 17.9 Å². The maximum Gasteiger partial charge on any atom is 0.211 e. The van der Waals surface area contributed by atoms with Gasteiger partial charge >= 0.3 is 0 Å². The molecule has 1 aliphatic carbocycles. The van der Waals surface area contributed by atoms with Gasteiger partial charge in [-0.1, -0.05) is 24.3 Å². The van der Waals surface area contributed by atoms with Crippen LogP contribution in [0.15, 0.2) is 48.8 Å². The molecule has 3 fully saturated rings. The lowest BCUT2D eigenvalue weighted by atomic mass is 9.71. The predicted octanol–water partition coefficient (Wildman–Crippen LogP) is 4.82. The number of hydrogen-bond acceptors (Lipinski definition) is 7. The van der Waals surface area contributed by atoms with Gasteiger partial charge in [0.2, 0.25) is 10.0 Å². The fourth-order valence-electron chi connectivity index (χ4n) is 7.29. The molecule has 42 heavy (non-hydrogen) atoms. The highest BCUT2D eigenvalue weighted by molar-refractivity contribution is 7.89. The van der Waals surface area contributed by atoms with E-state index >= 15 is 0 Å². The maximum absolute atomic E-state index is 11.9. The number of aromatic nitrogens is 2. The fraction of sp³-hybridized carbons (Fsp3) is 0.576. The van der Waals surface area contributed by atoms with E-state index in [0.29, 0.717) is 11.3 Å². The number of rotatable bonds is 10. The van der Waals surface area contributed by atoms with Crippen molar-refractivity contribution in [1.82, 2.24) is 19.6 Å². The number of sulfonamides is 1. The van der Waals surface area contributed by atoms with Gasteiger partial charge in [-0.25, -0.2) is 23.1 Å². The molecule has 9 heteroatoms. The number of fused-ring (bicyclic) bond motifs is 1. The molecular weight excluding hydrogens is 546 g/mol. The Labute approximate surface area is 250 Å². The quantitative estimate of drug-likeness (QED) is 0.362. The van der Waals surface area contributed by atoms with Gasteiger partial charge in [-0.15, -0.1) is 0 Å². The Kier molecular flexibility index (Phi) is 8.70. The SMILES string of the molecule is CCS(=O)(=O)NC1CCC(CN2CCC3(CC2)CN(c2ncnc4ccc(CCc5ccccc5OC)cc24)C3)CC1. The van der Waals surface area contributed by atoms with Gasteiger partial charge in [0.25, 0.3) is 0 Å². The largest absolute Gasteiger partial charge is 0.496 e. The second-order valence-corrected chi connectivity index (χ2v) is 14.8. The molecule has 3 heterocycles. The van der Waals surface area contributed by atoms with Crippen molar-refractivity contribution >= 4 is 26.7 Å². The van der Waals surface area contributed by atoms with Gasteiger partial charge < -0.3 is 14.5 Å². The zero-order chi connectivity index (χ0) is 29.2. The summed E-state index contributed by atoms with van der Waals surface area (Å²) in [7, 11) is -1.37. The van der Waals surface area contributed by atoms with Gasteiger partial charge in [-0.3, -0.25) is 0 Å². The van der Waals surface area contributed by atoms with Crippen LogP contribution >= 0.6 is 0 Å². The monoisotopic (exact) mass is 591 g/mol. The average Bonchev–Trinajstić information content (AvgIpc) is 3.00. The number of hydrogen-bond donors (Lipinski definition) is 1. The average molecular weight is 592 g/mol. The van der Waals surface area contributed by atoms with Crippen LogP contribution in [0.1, 0.15) is 56.6 Å². The molecule has 0 amide bonds. The van der Waals surface area contributed by atoms with Crippen molar-refractivity contribution in [3.05, 3.63) is 59.9 Å². The van der Waals surface area contributed by atoms with Gasteiger partial charge in [0, 0.05) is 36.5 Å². The topological polar surface area (TPSA) is 87.7 Å². The molecule has 8 nitrogen and oxygen atoms in total. The first-order valence-corrected chi connectivity index (χ1v) is 17.3. The summed E-state index contributed by atoms with van der Waals surface area (Å²) in [6, 6.07) is 15.0. The molecule has 6 rings (SSSR count). The number of nitrogens with one attached hydrogen (secondary N) is 1. The summed E-state index contributed by atoms with van der Waals surface area (Å²) in [4.78, 5) is 14.4. The molecule has 1 N–H and O–H groups in total. The second-order valence-electron chi connectivity index (χ2n) is 12.8. The molecular formula is C33H45N5O3S. The van der Waals surface area contributed by atoms with Crippen molar-refractivity contribution < 1.29 is 13.2 Å². The minimum absolute atomic E-state index is 0.123. The summed E-state index contributed by atoms with van der Waals surface area (Å²) in [5.41, 5.74) is 3.93. The summed E-state index contributed by atoms with van der Waals surface area (Å²) in [5, 5.41) is 1.15. The third-order valence-electron chi connectivity index (χ3n) is 9.91. The number of nitrogens with zero attached hydrogens (tertiary/aromatic N) is 4. The normalized spacial score (nSPS) is 22.8. The van der Waals surface area contributed by atoms with E-state index in [9.17, 15) is 8.42 Å². The van der Waals surface area contributed by atoms with Crippen LogP contribution in [0.4, 0.5) is 5.82 Å². The number of aryl methyl sites for hydroxylation is 2. The lowest BCUT2D eigenvalue weighted by molar-refractivity contribution is 0.0621. The van der Waals surface area contributed by atoms with Gasteiger partial charge in [-0.2, -0.15) is 0 Å². The number of methoxy groups -OCH3 is 1. The molecule has 3 aromatic rings. The molecule has 0 atom stereocenters. The van der Waals surface area contributed by atoms with Crippen LogP contribution in [0.2, 0.25) is 0 Å². The maximum atomic E-state index is 11.9. The summed E-state index contributed by atoms with van der Waals surface area (Å²) in [6.45, 7) is 7.32. The molecule has 2 aromatic carbocycles. The Bertz CT molecular complexity index is 1470. The number of ether oxygens (including phenoxy) is 1. The molecule has 0 bridgehead atoms. The Morgan fingerprint density at radius 1 is 1.00 bits per heavy atom. The van der Waals surface area contributed by atoms with Crippen molar-refractivity contribution in [2.75, 3.05) is 50.5 Å². The molecule has 2 saturated heterocycles. The minimum atomic E-state index is -3.10. The van der Waals surface area contributed by atoms with Crippen LogP contribution in [-0.4, -0.2) is 74.9 Å². The van der Waals surface area contributed by atoms with E-state index in [0.717, 1.165) is 93.7 Å². The molecule has 1 saturated carbocycles. The van der Waals surface area contributed by atoms with E-state index < -0.39 is 10.0 Å². The van der Waals surface area contributed by atoms with Crippen molar-refractivity contribution in [2.24, 2.45) is 11.3 Å². The van der Waals surface area contributed by atoms with Crippen molar-refractivity contribution in [2.45, 2.75) is 64.3 Å². The van der Waals surface area contributed by atoms with Crippen molar-refractivity contribution in [3.8, 4) is 5.75 Å². The zero-order valence-electron chi connectivity index (χ0n) is 25.1. The molecule has 0 radical (unpaired) electrons. The van der Waals surface area contributed by atoms with Gasteiger partial charge in [0.05, 0.1) is 18.4 Å². The first-order valence-electron chi connectivity index (χ1n) is 15.7.